The summed E-state index contributed by atoms with van der Waals surface area (Å²) >= 11 is 25.1. The summed E-state index contributed by atoms with van der Waals surface area (Å²) in [5.74, 6) is -1.01. The van der Waals surface area contributed by atoms with Crippen LogP contribution in [0.15, 0.2) is 53.1 Å². The van der Waals surface area contributed by atoms with Crippen LogP contribution in [-0.2, 0) is 14.3 Å². The Hall–Kier alpha value is -2.25. The number of carbonyl (C=O) groups is 2. The third-order valence-electron chi connectivity index (χ3n) is 8.64. The molecule has 2 aromatic carbocycles. The van der Waals surface area contributed by atoms with Gasteiger partial charge in [0.1, 0.15) is 11.8 Å². The van der Waals surface area contributed by atoms with Crippen LogP contribution >= 0.6 is 46.4 Å². The molecule has 3 unspecified atom stereocenters. The average molecular weight is 596 g/mol. The van der Waals surface area contributed by atoms with Crippen molar-refractivity contribution in [3.8, 4) is 22.6 Å². The molecule has 0 aliphatic heterocycles. The van der Waals surface area contributed by atoms with Gasteiger partial charge in [-0.25, -0.2) is 4.79 Å². The third-order valence-corrected chi connectivity index (χ3v) is 9.92. The molecule has 1 heterocycles. The van der Waals surface area contributed by atoms with Gasteiger partial charge in [0.25, 0.3) is 10.2 Å². The van der Waals surface area contributed by atoms with Crippen LogP contribution < -0.4 is 5.32 Å². The summed E-state index contributed by atoms with van der Waals surface area (Å²) in [6.07, 6.45) is 2.44. The molecule has 3 aromatic rings. The number of alkyl halides is 2. The number of amides is 1. The van der Waals surface area contributed by atoms with Crippen molar-refractivity contribution in [1.29, 1.82) is 0 Å². The second kappa shape index (κ2) is 9.74. The highest BCUT2D eigenvalue weighted by atomic mass is 35.5. The van der Waals surface area contributed by atoms with Gasteiger partial charge < -0.3 is 14.6 Å². The number of rotatable bonds is 6. The molecular formula is C28H26Cl4N2O4. The zero-order valence-corrected chi connectivity index (χ0v) is 24.0. The fourth-order valence-corrected chi connectivity index (χ4v) is 6.61. The second-order valence-electron chi connectivity index (χ2n) is 10.8. The molecule has 200 valence electrons. The van der Waals surface area contributed by atoms with Crippen molar-refractivity contribution in [3.63, 3.8) is 0 Å². The molecule has 2 saturated carbocycles. The highest BCUT2D eigenvalue weighted by molar-refractivity contribution is 6.68. The van der Waals surface area contributed by atoms with Crippen molar-refractivity contribution >= 4 is 64.0 Å². The van der Waals surface area contributed by atoms with Crippen molar-refractivity contribution in [2.75, 3.05) is 5.32 Å². The van der Waals surface area contributed by atoms with Crippen LogP contribution in [-0.4, -0.2) is 27.5 Å². The average Bonchev–Trinajstić information content (AvgIpc) is 3.47. The Morgan fingerprint density at radius 2 is 1.76 bits per heavy atom. The molecule has 0 saturated heterocycles. The topological polar surface area (TPSA) is 81.4 Å². The first-order valence-electron chi connectivity index (χ1n) is 12.3. The number of esters is 1. The number of benzene rings is 2. The maximum absolute atomic E-state index is 13.0. The van der Waals surface area contributed by atoms with Crippen LogP contribution in [0.4, 0.5) is 5.69 Å². The van der Waals surface area contributed by atoms with Gasteiger partial charge in [0.05, 0.1) is 10.0 Å². The van der Waals surface area contributed by atoms with Gasteiger partial charge in [-0.1, -0.05) is 90.5 Å². The first-order chi connectivity index (χ1) is 17.8. The van der Waals surface area contributed by atoms with E-state index in [1.54, 1.807) is 48.5 Å². The van der Waals surface area contributed by atoms with Crippen molar-refractivity contribution in [1.82, 2.24) is 5.16 Å². The quantitative estimate of drug-likeness (QED) is 0.176. The largest absolute Gasteiger partial charge is 0.459 e. The molecule has 0 spiro atoms. The number of nitrogens with one attached hydrogen (secondary N) is 1. The number of hydrogen-bond donors (Lipinski definition) is 1. The SMILES string of the molecule is CC1(C)C2CCC1(C)C(OC(=O)C(Cl)(Cl)C(=O)Nc1cccc(-c3cc(-c4c(Cl)cccc4Cl)no3)c1)C2. The lowest BCUT2D eigenvalue weighted by Crippen LogP contribution is -2.46. The van der Waals surface area contributed by atoms with E-state index in [4.69, 9.17) is 55.7 Å². The van der Waals surface area contributed by atoms with Crippen LogP contribution in [0, 0.1) is 16.7 Å². The summed E-state index contributed by atoms with van der Waals surface area (Å²) in [5.41, 5.74) is 1.82. The highest BCUT2D eigenvalue weighted by Crippen LogP contribution is 2.66. The smallest absolute Gasteiger partial charge is 0.352 e. The minimum absolute atomic E-state index is 0.0275. The Balaban J connectivity index is 1.29. The number of hydrogen-bond acceptors (Lipinski definition) is 5. The summed E-state index contributed by atoms with van der Waals surface area (Å²) in [5, 5.41) is 7.57. The molecule has 3 atom stereocenters. The van der Waals surface area contributed by atoms with Gasteiger partial charge in [0, 0.05) is 28.3 Å². The first-order valence-corrected chi connectivity index (χ1v) is 13.8. The lowest BCUT2D eigenvalue weighted by Gasteiger charge is -2.38. The van der Waals surface area contributed by atoms with E-state index >= 15 is 0 Å². The van der Waals surface area contributed by atoms with Crippen molar-refractivity contribution in [2.24, 2.45) is 16.7 Å². The predicted molar refractivity (Wildman–Crippen MR) is 150 cm³/mol. The van der Waals surface area contributed by atoms with Crippen LogP contribution in [0.3, 0.4) is 0 Å². The maximum atomic E-state index is 13.0. The van der Waals surface area contributed by atoms with Gasteiger partial charge in [-0.3, -0.25) is 4.79 Å². The maximum Gasteiger partial charge on any atom is 0.352 e. The lowest BCUT2D eigenvalue weighted by atomic mass is 9.70. The van der Waals surface area contributed by atoms with E-state index < -0.39 is 16.2 Å². The van der Waals surface area contributed by atoms with E-state index in [1.807, 2.05) is 0 Å². The van der Waals surface area contributed by atoms with Gasteiger partial charge in [-0.2, -0.15) is 0 Å². The molecule has 10 heteroatoms. The number of halogens is 4. The molecule has 38 heavy (non-hydrogen) atoms. The number of fused-ring (bicyclic) bond motifs is 2. The Morgan fingerprint density at radius 1 is 1.08 bits per heavy atom. The Kier molecular flexibility index (Phi) is 7.00. The predicted octanol–water partition coefficient (Wildman–Crippen LogP) is 8.19. The van der Waals surface area contributed by atoms with E-state index in [0.29, 0.717) is 44.2 Å². The summed E-state index contributed by atoms with van der Waals surface area (Å²) < 4.78 is 8.84. The van der Waals surface area contributed by atoms with Gasteiger partial charge in [-0.15, -0.1) is 0 Å². The van der Waals surface area contributed by atoms with E-state index in [1.165, 1.54) is 0 Å². The van der Waals surface area contributed by atoms with Crippen LogP contribution in [0.2, 0.25) is 10.0 Å². The molecule has 6 nitrogen and oxygen atoms in total. The Morgan fingerprint density at radius 3 is 2.39 bits per heavy atom. The second-order valence-corrected chi connectivity index (χ2v) is 12.9. The molecule has 5 rings (SSSR count). The van der Waals surface area contributed by atoms with E-state index in [-0.39, 0.29) is 16.9 Å². The number of aromatic nitrogens is 1. The van der Waals surface area contributed by atoms with Gasteiger partial charge in [0.15, 0.2) is 5.76 Å². The molecule has 2 aliphatic rings. The molecule has 2 fully saturated rings. The zero-order chi connectivity index (χ0) is 27.5. The number of carbonyl (C=O) groups excluding carboxylic acids is 2. The molecular weight excluding hydrogens is 570 g/mol. The Bertz CT molecular complexity index is 1400. The normalized spacial score (nSPS) is 23.9. The summed E-state index contributed by atoms with van der Waals surface area (Å²) in [6, 6.07) is 13.6. The fraction of sp³-hybridized carbons (Fsp3) is 0.393. The van der Waals surface area contributed by atoms with E-state index in [9.17, 15) is 9.59 Å². The highest BCUT2D eigenvalue weighted by Gasteiger charge is 2.63. The van der Waals surface area contributed by atoms with Gasteiger partial charge >= 0.3 is 5.97 Å². The van der Waals surface area contributed by atoms with E-state index in [2.05, 4.69) is 31.2 Å². The van der Waals surface area contributed by atoms with Crippen LogP contribution in [0.5, 0.6) is 0 Å². The number of anilines is 1. The summed E-state index contributed by atoms with van der Waals surface area (Å²) in [7, 11) is 0. The number of nitrogens with zero attached hydrogens (tertiary/aromatic N) is 1. The molecule has 1 amide bonds. The van der Waals surface area contributed by atoms with Gasteiger partial charge in [-0.05, 0) is 54.9 Å². The third kappa shape index (κ3) is 4.49. The van der Waals surface area contributed by atoms with Crippen LogP contribution in [0.25, 0.3) is 22.6 Å². The molecule has 2 aliphatic carbocycles. The molecule has 0 radical (unpaired) electrons. The minimum atomic E-state index is -2.42. The molecule has 2 bridgehead atoms. The lowest BCUT2D eigenvalue weighted by molar-refractivity contribution is -0.158. The van der Waals surface area contributed by atoms with Crippen molar-refractivity contribution in [3.05, 3.63) is 58.6 Å². The minimum Gasteiger partial charge on any atom is -0.459 e. The summed E-state index contributed by atoms with van der Waals surface area (Å²) in [4.78, 5) is 26.0. The van der Waals surface area contributed by atoms with Crippen molar-refractivity contribution < 1.29 is 18.8 Å². The molecule has 1 N–H and O–H groups in total. The van der Waals surface area contributed by atoms with Gasteiger partial charge in [0.2, 0.25) is 0 Å². The molecule has 1 aromatic heterocycles. The standard InChI is InChI=1S/C28H26Cl4N2O4/c1-26(2)16-10-11-27(26,3)22(13-16)37-25(36)28(31,32)24(35)33-17-7-4-6-15(12-17)21-14-20(34-38-21)23-18(29)8-5-9-19(23)30/h4-9,12,14,16,22H,10-11,13H2,1-3H3,(H,33,35). The van der Waals surface area contributed by atoms with Crippen molar-refractivity contribution in [2.45, 2.75) is 50.5 Å². The Labute approximate surface area is 240 Å². The van der Waals surface area contributed by atoms with E-state index in [0.717, 1.165) is 19.3 Å². The first kappa shape index (κ1) is 27.3. The van der Waals surface area contributed by atoms with Crippen LogP contribution in [0.1, 0.15) is 40.0 Å². The number of ether oxygens (including phenoxy) is 1. The summed E-state index contributed by atoms with van der Waals surface area (Å²) in [6.45, 7) is 6.53. The fourth-order valence-electron chi connectivity index (χ4n) is 5.84. The monoisotopic (exact) mass is 594 g/mol. The zero-order valence-electron chi connectivity index (χ0n) is 21.0.